The van der Waals surface area contributed by atoms with E-state index in [0.29, 0.717) is 11.8 Å². The van der Waals surface area contributed by atoms with Gasteiger partial charge in [0.05, 0.1) is 12.3 Å². The third-order valence-electron chi connectivity index (χ3n) is 2.41. The third kappa shape index (κ3) is 3.36. The van der Waals surface area contributed by atoms with E-state index in [0.717, 1.165) is 18.8 Å². The van der Waals surface area contributed by atoms with Gasteiger partial charge in [0.2, 0.25) is 0 Å². The number of hydrogen-bond donors (Lipinski definition) is 0. The number of hydrogen-bond acceptors (Lipinski definition) is 3. The highest BCUT2D eigenvalue weighted by atomic mass is 35.5. The Balaban J connectivity index is 1.79. The molecule has 0 aromatic carbocycles. The maximum atomic E-state index is 5.67. The zero-order chi connectivity index (χ0) is 10.5. The molecule has 0 N–H and O–H groups in total. The molecule has 0 amide bonds. The van der Waals surface area contributed by atoms with Gasteiger partial charge >= 0.3 is 0 Å². The van der Waals surface area contributed by atoms with E-state index in [4.69, 9.17) is 21.1 Å². The fourth-order valence-electron chi connectivity index (χ4n) is 1.58. The Hall–Kier alpha value is -0.800. The first-order chi connectivity index (χ1) is 7.34. The van der Waals surface area contributed by atoms with Gasteiger partial charge in [-0.1, -0.05) is 11.6 Å². The van der Waals surface area contributed by atoms with Gasteiger partial charge in [0.1, 0.15) is 17.5 Å². The summed E-state index contributed by atoms with van der Waals surface area (Å²) in [4.78, 5) is 3.94. The van der Waals surface area contributed by atoms with Gasteiger partial charge in [0.25, 0.3) is 0 Å². The van der Waals surface area contributed by atoms with E-state index in [2.05, 4.69) is 4.98 Å². The average molecular weight is 228 g/mol. The van der Waals surface area contributed by atoms with E-state index in [9.17, 15) is 0 Å². The summed E-state index contributed by atoms with van der Waals surface area (Å²) >= 11 is 5.67. The Morgan fingerprint density at radius 3 is 3.07 bits per heavy atom. The average Bonchev–Trinajstić information content (AvgIpc) is 2.30. The molecule has 1 fully saturated rings. The van der Waals surface area contributed by atoms with Crippen LogP contribution in [0.3, 0.4) is 0 Å². The summed E-state index contributed by atoms with van der Waals surface area (Å²) in [5.74, 6) is 0.744. The normalized spacial score (nSPS) is 21.3. The number of pyridine rings is 1. The van der Waals surface area contributed by atoms with E-state index in [-0.39, 0.29) is 6.10 Å². The summed E-state index contributed by atoms with van der Waals surface area (Å²) in [6, 6.07) is 3.54. The van der Waals surface area contributed by atoms with Gasteiger partial charge in [-0.3, -0.25) is 0 Å². The quantitative estimate of drug-likeness (QED) is 0.744. The second-order valence-electron chi connectivity index (χ2n) is 3.62. The summed E-state index contributed by atoms with van der Waals surface area (Å²) < 4.78 is 11.1. The maximum absolute atomic E-state index is 5.67. The van der Waals surface area contributed by atoms with Gasteiger partial charge in [-0.05, 0) is 31.4 Å². The summed E-state index contributed by atoms with van der Waals surface area (Å²) in [5, 5.41) is 0.483. The van der Waals surface area contributed by atoms with Crippen molar-refractivity contribution in [2.45, 2.75) is 25.4 Å². The lowest BCUT2D eigenvalue weighted by atomic mass is 10.1. The van der Waals surface area contributed by atoms with E-state index in [1.165, 1.54) is 12.8 Å². The summed E-state index contributed by atoms with van der Waals surface area (Å²) in [6.45, 7) is 1.45. The zero-order valence-electron chi connectivity index (χ0n) is 8.49. The van der Waals surface area contributed by atoms with Crippen LogP contribution in [-0.4, -0.2) is 24.3 Å². The molecule has 4 heteroatoms. The predicted octanol–water partition coefficient (Wildman–Crippen LogP) is 2.68. The van der Waals surface area contributed by atoms with Crippen LogP contribution < -0.4 is 4.74 Å². The molecular formula is C11H14ClNO2. The molecule has 3 nitrogen and oxygen atoms in total. The Labute approximate surface area is 94.4 Å². The monoisotopic (exact) mass is 227 g/mol. The van der Waals surface area contributed by atoms with Crippen molar-refractivity contribution in [3.05, 3.63) is 23.5 Å². The summed E-state index contributed by atoms with van der Waals surface area (Å²) in [7, 11) is 0. The van der Waals surface area contributed by atoms with Crippen molar-refractivity contribution in [3.8, 4) is 5.75 Å². The highest BCUT2D eigenvalue weighted by molar-refractivity contribution is 6.29. The second kappa shape index (κ2) is 5.33. The third-order valence-corrected chi connectivity index (χ3v) is 2.63. The van der Waals surface area contributed by atoms with Crippen molar-refractivity contribution >= 4 is 11.6 Å². The fourth-order valence-corrected chi connectivity index (χ4v) is 1.69. The maximum Gasteiger partial charge on any atom is 0.137 e. The van der Waals surface area contributed by atoms with Crippen molar-refractivity contribution < 1.29 is 9.47 Å². The number of halogens is 1. The molecular weight excluding hydrogens is 214 g/mol. The lowest BCUT2D eigenvalue weighted by Gasteiger charge is -2.22. The molecule has 2 rings (SSSR count). The topological polar surface area (TPSA) is 31.4 Å². The van der Waals surface area contributed by atoms with Gasteiger partial charge in [-0.2, -0.15) is 0 Å². The fraction of sp³-hybridized carbons (Fsp3) is 0.545. The number of aromatic nitrogens is 1. The molecule has 1 atom stereocenters. The second-order valence-corrected chi connectivity index (χ2v) is 4.00. The van der Waals surface area contributed by atoms with Crippen molar-refractivity contribution in [1.82, 2.24) is 4.98 Å². The first-order valence-corrected chi connectivity index (χ1v) is 5.58. The van der Waals surface area contributed by atoms with E-state index >= 15 is 0 Å². The molecule has 1 aromatic rings. The molecule has 15 heavy (non-hydrogen) atoms. The minimum Gasteiger partial charge on any atom is -0.489 e. The van der Waals surface area contributed by atoms with E-state index < -0.39 is 0 Å². The molecule has 1 unspecified atom stereocenters. The van der Waals surface area contributed by atoms with Gasteiger partial charge in [0.15, 0.2) is 0 Å². The lowest BCUT2D eigenvalue weighted by Crippen LogP contribution is -2.25. The number of rotatable bonds is 3. The molecule has 1 aliphatic rings. The standard InChI is InChI=1S/C11H14ClNO2/c12-11-5-4-9(7-13-11)15-8-10-3-1-2-6-14-10/h4-5,7,10H,1-3,6,8H2. The van der Waals surface area contributed by atoms with E-state index in [1.54, 1.807) is 12.3 Å². The van der Waals surface area contributed by atoms with Crippen LogP contribution in [-0.2, 0) is 4.74 Å². The van der Waals surface area contributed by atoms with E-state index in [1.807, 2.05) is 6.07 Å². The van der Waals surface area contributed by atoms with Crippen LogP contribution in [0, 0.1) is 0 Å². The number of ether oxygens (including phenoxy) is 2. The zero-order valence-corrected chi connectivity index (χ0v) is 9.24. The van der Waals surface area contributed by atoms with Gasteiger partial charge < -0.3 is 9.47 Å². The van der Waals surface area contributed by atoms with Crippen LogP contribution in [0.25, 0.3) is 0 Å². The molecule has 0 radical (unpaired) electrons. The minimum atomic E-state index is 0.231. The van der Waals surface area contributed by atoms with Crippen LogP contribution in [0.1, 0.15) is 19.3 Å². The SMILES string of the molecule is Clc1ccc(OCC2CCCCO2)cn1. The minimum absolute atomic E-state index is 0.231. The van der Waals surface area contributed by atoms with Crippen LogP contribution in [0.4, 0.5) is 0 Å². The molecule has 82 valence electrons. The molecule has 1 saturated heterocycles. The van der Waals surface area contributed by atoms with Crippen LogP contribution >= 0.6 is 11.6 Å². The largest absolute Gasteiger partial charge is 0.489 e. The Morgan fingerprint density at radius 1 is 1.47 bits per heavy atom. The van der Waals surface area contributed by atoms with Crippen molar-refractivity contribution in [2.24, 2.45) is 0 Å². The molecule has 0 saturated carbocycles. The molecule has 0 aliphatic carbocycles. The van der Waals surface area contributed by atoms with Crippen LogP contribution in [0.5, 0.6) is 5.75 Å². The lowest BCUT2D eigenvalue weighted by molar-refractivity contribution is -0.0111. The molecule has 1 aliphatic heterocycles. The Bertz CT molecular complexity index is 296. The smallest absolute Gasteiger partial charge is 0.137 e. The summed E-state index contributed by atoms with van der Waals surface area (Å²) in [5.41, 5.74) is 0. The van der Waals surface area contributed by atoms with Crippen LogP contribution in [0.2, 0.25) is 5.15 Å². The van der Waals surface area contributed by atoms with Crippen molar-refractivity contribution in [3.63, 3.8) is 0 Å². The van der Waals surface area contributed by atoms with Crippen LogP contribution in [0.15, 0.2) is 18.3 Å². The van der Waals surface area contributed by atoms with Crippen molar-refractivity contribution in [1.29, 1.82) is 0 Å². The first kappa shape index (κ1) is 10.7. The Morgan fingerprint density at radius 2 is 2.40 bits per heavy atom. The first-order valence-electron chi connectivity index (χ1n) is 5.20. The molecule has 0 spiro atoms. The van der Waals surface area contributed by atoms with Gasteiger partial charge in [0, 0.05) is 6.61 Å². The summed E-state index contributed by atoms with van der Waals surface area (Å²) in [6.07, 6.45) is 5.34. The number of nitrogens with zero attached hydrogens (tertiary/aromatic N) is 1. The van der Waals surface area contributed by atoms with Gasteiger partial charge in [-0.15, -0.1) is 0 Å². The van der Waals surface area contributed by atoms with Crippen molar-refractivity contribution in [2.75, 3.05) is 13.2 Å². The molecule has 1 aromatic heterocycles. The highest BCUT2D eigenvalue weighted by Crippen LogP contribution is 2.16. The Kier molecular flexibility index (Phi) is 3.80. The highest BCUT2D eigenvalue weighted by Gasteiger charge is 2.14. The molecule has 2 heterocycles. The van der Waals surface area contributed by atoms with Gasteiger partial charge in [-0.25, -0.2) is 4.98 Å². The molecule has 0 bridgehead atoms. The predicted molar refractivity (Wildman–Crippen MR) is 58.3 cm³/mol.